The average molecular weight is 221 g/mol. The third kappa shape index (κ3) is 1.47. The summed E-state index contributed by atoms with van der Waals surface area (Å²) < 4.78 is 5.33. The summed E-state index contributed by atoms with van der Waals surface area (Å²) in [5.74, 6) is 0.835. The third-order valence-electron chi connectivity index (χ3n) is 3.73. The van der Waals surface area contributed by atoms with Gasteiger partial charge in [-0.1, -0.05) is 12.1 Å². The highest BCUT2D eigenvalue weighted by Gasteiger charge is 2.49. The standard InChI is InChI=1S/C13H19NO2/c1-8-4-5-10(12(16-3)11(8)15)13(6-7-13)9(2)14/h4-5,9,15H,6-7,14H2,1-3H3. The summed E-state index contributed by atoms with van der Waals surface area (Å²) in [4.78, 5) is 0. The van der Waals surface area contributed by atoms with Gasteiger partial charge in [0.25, 0.3) is 0 Å². The maximum Gasteiger partial charge on any atom is 0.164 e. The van der Waals surface area contributed by atoms with Gasteiger partial charge in [0.2, 0.25) is 0 Å². The Labute approximate surface area is 96.2 Å². The lowest BCUT2D eigenvalue weighted by atomic mass is 9.88. The minimum atomic E-state index is 0.0104. The molecule has 3 nitrogen and oxygen atoms in total. The molecule has 1 aromatic carbocycles. The highest BCUT2D eigenvalue weighted by atomic mass is 16.5. The number of aryl methyl sites for hydroxylation is 1. The molecule has 1 aliphatic carbocycles. The molecule has 1 atom stereocenters. The Kier molecular flexibility index (Phi) is 2.58. The summed E-state index contributed by atoms with van der Waals surface area (Å²) in [5.41, 5.74) is 7.93. The Bertz CT molecular complexity index is 409. The van der Waals surface area contributed by atoms with E-state index in [1.807, 2.05) is 26.0 Å². The first-order valence-electron chi connectivity index (χ1n) is 5.65. The van der Waals surface area contributed by atoms with Crippen molar-refractivity contribution < 1.29 is 9.84 Å². The van der Waals surface area contributed by atoms with Crippen LogP contribution < -0.4 is 10.5 Å². The number of rotatable bonds is 3. The molecule has 0 aliphatic heterocycles. The summed E-state index contributed by atoms with van der Waals surface area (Å²) in [6.45, 7) is 3.89. The Hall–Kier alpha value is -1.22. The van der Waals surface area contributed by atoms with Crippen molar-refractivity contribution in [2.75, 3.05) is 7.11 Å². The van der Waals surface area contributed by atoms with Crippen LogP contribution in [0.4, 0.5) is 0 Å². The molecule has 3 N–H and O–H groups in total. The number of phenolic OH excluding ortho intramolecular Hbond substituents is 1. The molecule has 1 aromatic rings. The number of nitrogens with two attached hydrogens (primary N) is 1. The van der Waals surface area contributed by atoms with Gasteiger partial charge in [-0.25, -0.2) is 0 Å². The number of aromatic hydroxyl groups is 1. The fourth-order valence-electron chi connectivity index (χ4n) is 2.37. The van der Waals surface area contributed by atoms with Crippen LogP contribution in [0.2, 0.25) is 0 Å². The largest absolute Gasteiger partial charge is 0.504 e. The van der Waals surface area contributed by atoms with Gasteiger partial charge >= 0.3 is 0 Å². The van der Waals surface area contributed by atoms with E-state index in [-0.39, 0.29) is 17.2 Å². The molecule has 0 heterocycles. The Balaban J connectivity index is 2.54. The molecule has 88 valence electrons. The quantitative estimate of drug-likeness (QED) is 0.821. The average Bonchev–Trinajstić information content (AvgIpc) is 3.02. The fraction of sp³-hybridized carbons (Fsp3) is 0.538. The van der Waals surface area contributed by atoms with E-state index in [1.54, 1.807) is 7.11 Å². The lowest BCUT2D eigenvalue weighted by molar-refractivity contribution is 0.360. The summed E-state index contributed by atoms with van der Waals surface area (Å²) >= 11 is 0. The van der Waals surface area contributed by atoms with Crippen molar-refractivity contribution >= 4 is 0 Å². The van der Waals surface area contributed by atoms with Gasteiger partial charge in [-0.15, -0.1) is 0 Å². The lowest BCUT2D eigenvalue weighted by Crippen LogP contribution is -2.31. The summed E-state index contributed by atoms with van der Waals surface area (Å²) in [5, 5.41) is 9.99. The second-order valence-corrected chi connectivity index (χ2v) is 4.76. The molecule has 0 bridgehead atoms. The van der Waals surface area contributed by atoms with Crippen LogP contribution in [-0.2, 0) is 5.41 Å². The van der Waals surface area contributed by atoms with Gasteiger partial charge in [0.05, 0.1) is 7.11 Å². The normalized spacial score (nSPS) is 19.2. The fourth-order valence-corrected chi connectivity index (χ4v) is 2.37. The number of methoxy groups -OCH3 is 1. The molecule has 0 amide bonds. The van der Waals surface area contributed by atoms with Gasteiger partial charge in [-0.3, -0.25) is 0 Å². The van der Waals surface area contributed by atoms with E-state index >= 15 is 0 Å². The number of phenols is 1. The number of benzene rings is 1. The van der Waals surface area contributed by atoms with Crippen LogP contribution in [0, 0.1) is 6.92 Å². The topological polar surface area (TPSA) is 55.5 Å². The summed E-state index contributed by atoms with van der Waals surface area (Å²) in [6.07, 6.45) is 2.15. The second kappa shape index (κ2) is 3.67. The molecule has 0 saturated heterocycles. The van der Waals surface area contributed by atoms with Crippen LogP contribution in [0.5, 0.6) is 11.5 Å². The van der Waals surface area contributed by atoms with Gasteiger partial charge < -0.3 is 15.6 Å². The number of hydrogen-bond donors (Lipinski definition) is 2. The molecule has 1 fully saturated rings. The second-order valence-electron chi connectivity index (χ2n) is 4.76. The molecule has 0 spiro atoms. The minimum Gasteiger partial charge on any atom is -0.504 e. The van der Waals surface area contributed by atoms with E-state index in [0.717, 1.165) is 24.0 Å². The lowest BCUT2D eigenvalue weighted by Gasteiger charge is -2.23. The van der Waals surface area contributed by atoms with Crippen molar-refractivity contribution in [1.29, 1.82) is 0 Å². The first-order valence-corrected chi connectivity index (χ1v) is 5.65. The first-order chi connectivity index (χ1) is 7.53. The maximum absolute atomic E-state index is 9.99. The van der Waals surface area contributed by atoms with E-state index in [2.05, 4.69) is 0 Å². The monoisotopic (exact) mass is 221 g/mol. The summed E-state index contributed by atoms with van der Waals surface area (Å²) in [7, 11) is 1.59. The van der Waals surface area contributed by atoms with Gasteiger partial charge in [0, 0.05) is 17.0 Å². The van der Waals surface area contributed by atoms with Crippen LogP contribution >= 0.6 is 0 Å². The summed E-state index contributed by atoms with van der Waals surface area (Å²) in [6, 6.07) is 4.04. The zero-order valence-corrected chi connectivity index (χ0v) is 10.1. The SMILES string of the molecule is COc1c(C2(C(C)N)CC2)ccc(C)c1O. The van der Waals surface area contributed by atoms with Crippen LogP contribution in [0.25, 0.3) is 0 Å². The molecule has 1 unspecified atom stereocenters. The maximum atomic E-state index is 9.99. The highest BCUT2D eigenvalue weighted by molar-refractivity contribution is 5.55. The van der Waals surface area contributed by atoms with Crippen LogP contribution in [0.3, 0.4) is 0 Å². The third-order valence-corrected chi connectivity index (χ3v) is 3.73. The smallest absolute Gasteiger partial charge is 0.164 e. The molecular formula is C13H19NO2. The Morgan fingerprint density at radius 3 is 2.50 bits per heavy atom. The van der Waals surface area contributed by atoms with E-state index in [4.69, 9.17) is 10.5 Å². The van der Waals surface area contributed by atoms with Gasteiger partial charge in [0.1, 0.15) is 0 Å². The molecule has 2 rings (SSSR count). The first kappa shape index (κ1) is 11.3. The van der Waals surface area contributed by atoms with Crippen LogP contribution in [0.1, 0.15) is 30.9 Å². The number of ether oxygens (including phenoxy) is 1. The molecule has 16 heavy (non-hydrogen) atoms. The predicted octanol–water partition coefficient (Wildman–Crippen LogP) is 2.09. The van der Waals surface area contributed by atoms with Gasteiger partial charge in [0.15, 0.2) is 11.5 Å². The molecule has 0 aromatic heterocycles. The zero-order chi connectivity index (χ0) is 11.9. The number of hydrogen-bond acceptors (Lipinski definition) is 3. The van der Waals surface area contributed by atoms with Crippen LogP contribution in [0.15, 0.2) is 12.1 Å². The molecular weight excluding hydrogens is 202 g/mol. The molecule has 0 radical (unpaired) electrons. The molecule has 1 aliphatic rings. The van der Waals surface area contributed by atoms with Crippen molar-refractivity contribution in [2.24, 2.45) is 5.73 Å². The van der Waals surface area contributed by atoms with Crippen molar-refractivity contribution in [3.05, 3.63) is 23.3 Å². The highest BCUT2D eigenvalue weighted by Crippen LogP contribution is 2.55. The molecule has 3 heteroatoms. The van der Waals surface area contributed by atoms with E-state index < -0.39 is 0 Å². The van der Waals surface area contributed by atoms with Crippen molar-refractivity contribution in [3.63, 3.8) is 0 Å². The van der Waals surface area contributed by atoms with E-state index in [9.17, 15) is 5.11 Å². The van der Waals surface area contributed by atoms with Crippen LogP contribution in [-0.4, -0.2) is 18.3 Å². The predicted molar refractivity (Wildman–Crippen MR) is 64.0 cm³/mol. The molecule has 1 saturated carbocycles. The minimum absolute atomic E-state index is 0.0104. The van der Waals surface area contributed by atoms with E-state index in [0.29, 0.717) is 5.75 Å². The Morgan fingerprint density at radius 2 is 2.06 bits per heavy atom. The van der Waals surface area contributed by atoms with E-state index in [1.165, 1.54) is 0 Å². The van der Waals surface area contributed by atoms with Crippen molar-refractivity contribution in [3.8, 4) is 11.5 Å². The zero-order valence-electron chi connectivity index (χ0n) is 10.1. The van der Waals surface area contributed by atoms with Gasteiger partial charge in [-0.05, 0) is 32.3 Å². The van der Waals surface area contributed by atoms with Crippen molar-refractivity contribution in [1.82, 2.24) is 0 Å². The van der Waals surface area contributed by atoms with Crippen molar-refractivity contribution in [2.45, 2.75) is 38.1 Å². The van der Waals surface area contributed by atoms with Gasteiger partial charge in [-0.2, -0.15) is 0 Å². The Morgan fingerprint density at radius 1 is 1.44 bits per heavy atom.